The highest BCUT2D eigenvalue weighted by Gasteiger charge is 2.07. The minimum atomic E-state index is 0.470. The Balaban J connectivity index is 2.56. The molecular weight excluding hydrogens is 266 g/mol. The maximum atomic E-state index is 5.82. The van der Waals surface area contributed by atoms with Crippen LogP contribution < -0.4 is 14.8 Å². The molecule has 120 valence electrons. The Kier molecular flexibility index (Phi) is 8.87. The summed E-state index contributed by atoms with van der Waals surface area (Å²) in [6.07, 6.45) is 1.99. The van der Waals surface area contributed by atoms with E-state index in [1.165, 1.54) is 5.56 Å². The number of hydrogen-bond donors (Lipinski definition) is 1. The molecule has 0 heterocycles. The number of rotatable bonds is 11. The number of methoxy groups -OCH3 is 1. The van der Waals surface area contributed by atoms with Crippen LogP contribution in [0.5, 0.6) is 11.5 Å². The van der Waals surface area contributed by atoms with Crippen LogP contribution in [0.3, 0.4) is 0 Å². The fourth-order valence-electron chi connectivity index (χ4n) is 1.90. The second-order valence-corrected chi connectivity index (χ2v) is 5.30. The molecule has 4 heteroatoms. The molecule has 0 bridgehead atoms. The molecule has 1 aromatic rings. The first-order chi connectivity index (χ1) is 10.2. The molecule has 0 aliphatic carbocycles. The average Bonchev–Trinajstić information content (AvgIpc) is 2.47. The van der Waals surface area contributed by atoms with E-state index in [4.69, 9.17) is 14.2 Å². The van der Waals surface area contributed by atoms with Gasteiger partial charge in [0.05, 0.1) is 13.2 Å². The zero-order valence-electron chi connectivity index (χ0n) is 13.8. The molecule has 0 amide bonds. The molecule has 1 N–H and O–H groups in total. The van der Waals surface area contributed by atoms with Gasteiger partial charge in [0, 0.05) is 26.3 Å². The molecule has 0 saturated heterocycles. The highest BCUT2D eigenvalue weighted by atomic mass is 16.5. The zero-order chi connectivity index (χ0) is 15.5. The van der Waals surface area contributed by atoms with Crippen molar-refractivity contribution >= 4 is 0 Å². The summed E-state index contributed by atoms with van der Waals surface area (Å²) in [6.45, 7) is 9.21. The van der Waals surface area contributed by atoms with E-state index >= 15 is 0 Å². The average molecular weight is 295 g/mol. The molecule has 0 radical (unpaired) electrons. The zero-order valence-corrected chi connectivity index (χ0v) is 13.8. The smallest absolute Gasteiger partial charge is 0.161 e. The molecule has 4 nitrogen and oxygen atoms in total. The van der Waals surface area contributed by atoms with Crippen molar-refractivity contribution in [2.45, 2.75) is 46.2 Å². The first-order valence-electron chi connectivity index (χ1n) is 7.78. The van der Waals surface area contributed by atoms with E-state index in [1.807, 2.05) is 13.0 Å². The fraction of sp³-hybridized carbons (Fsp3) is 0.647. The summed E-state index contributed by atoms with van der Waals surface area (Å²) >= 11 is 0. The van der Waals surface area contributed by atoms with E-state index in [0.29, 0.717) is 19.3 Å². The Labute approximate surface area is 128 Å². The van der Waals surface area contributed by atoms with E-state index in [9.17, 15) is 0 Å². The van der Waals surface area contributed by atoms with Crippen LogP contribution in [-0.4, -0.2) is 33.0 Å². The van der Waals surface area contributed by atoms with Gasteiger partial charge in [-0.1, -0.05) is 19.9 Å². The topological polar surface area (TPSA) is 39.7 Å². The molecule has 0 fully saturated rings. The van der Waals surface area contributed by atoms with Gasteiger partial charge >= 0.3 is 0 Å². The van der Waals surface area contributed by atoms with E-state index in [2.05, 4.69) is 31.3 Å². The van der Waals surface area contributed by atoms with E-state index in [-0.39, 0.29) is 0 Å². The van der Waals surface area contributed by atoms with Gasteiger partial charge in [0.2, 0.25) is 0 Å². The SMILES string of the molecule is CCOc1cc(CNC(C)C)ccc1OCCCCOC. The highest BCUT2D eigenvalue weighted by molar-refractivity contribution is 5.43. The van der Waals surface area contributed by atoms with Crippen molar-refractivity contribution in [1.82, 2.24) is 5.32 Å². The van der Waals surface area contributed by atoms with E-state index in [1.54, 1.807) is 7.11 Å². The van der Waals surface area contributed by atoms with Crippen molar-refractivity contribution in [3.63, 3.8) is 0 Å². The van der Waals surface area contributed by atoms with E-state index in [0.717, 1.165) is 37.5 Å². The third-order valence-corrected chi connectivity index (χ3v) is 3.02. The van der Waals surface area contributed by atoms with Crippen molar-refractivity contribution in [1.29, 1.82) is 0 Å². The van der Waals surface area contributed by atoms with Gasteiger partial charge in [-0.2, -0.15) is 0 Å². The summed E-state index contributed by atoms with van der Waals surface area (Å²) in [5, 5.41) is 3.41. The summed E-state index contributed by atoms with van der Waals surface area (Å²) < 4.78 is 16.5. The first kappa shape index (κ1) is 17.8. The third-order valence-electron chi connectivity index (χ3n) is 3.02. The van der Waals surface area contributed by atoms with Crippen molar-refractivity contribution in [3.05, 3.63) is 23.8 Å². The van der Waals surface area contributed by atoms with Crippen LogP contribution in [0.1, 0.15) is 39.2 Å². The molecule has 0 unspecified atom stereocenters. The Morgan fingerprint density at radius 2 is 1.81 bits per heavy atom. The van der Waals surface area contributed by atoms with Crippen LogP contribution in [0.25, 0.3) is 0 Å². The quantitative estimate of drug-likeness (QED) is 0.635. The molecule has 0 aromatic heterocycles. The van der Waals surface area contributed by atoms with Gasteiger partial charge in [0.15, 0.2) is 11.5 Å². The Morgan fingerprint density at radius 1 is 1.05 bits per heavy atom. The Hall–Kier alpha value is -1.26. The second kappa shape index (κ2) is 10.5. The molecule has 21 heavy (non-hydrogen) atoms. The van der Waals surface area contributed by atoms with Gasteiger partial charge in [-0.05, 0) is 37.5 Å². The highest BCUT2D eigenvalue weighted by Crippen LogP contribution is 2.28. The molecule has 0 atom stereocenters. The van der Waals surface area contributed by atoms with Gasteiger partial charge in [-0.3, -0.25) is 0 Å². The minimum Gasteiger partial charge on any atom is -0.490 e. The monoisotopic (exact) mass is 295 g/mol. The van der Waals surface area contributed by atoms with Crippen molar-refractivity contribution in [3.8, 4) is 11.5 Å². The van der Waals surface area contributed by atoms with Gasteiger partial charge in [-0.15, -0.1) is 0 Å². The number of benzene rings is 1. The van der Waals surface area contributed by atoms with Gasteiger partial charge < -0.3 is 19.5 Å². The molecule has 0 spiro atoms. The predicted molar refractivity (Wildman–Crippen MR) is 86.2 cm³/mol. The van der Waals surface area contributed by atoms with Crippen molar-refractivity contribution in [2.75, 3.05) is 26.9 Å². The van der Waals surface area contributed by atoms with Gasteiger partial charge in [-0.25, -0.2) is 0 Å². The van der Waals surface area contributed by atoms with Crippen LogP contribution in [0.4, 0.5) is 0 Å². The summed E-state index contributed by atoms with van der Waals surface area (Å²) in [5.74, 6) is 1.65. The standard InChI is InChI=1S/C17H29NO3/c1-5-20-17-12-15(13-18-14(2)3)8-9-16(17)21-11-7-6-10-19-4/h8-9,12,14,18H,5-7,10-11,13H2,1-4H3. The normalized spacial score (nSPS) is 10.9. The number of ether oxygens (including phenoxy) is 3. The number of unbranched alkanes of at least 4 members (excludes halogenated alkanes) is 1. The molecule has 0 aliphatic heterocycles. The van der Waals surface area contributed by atoms with Crippen LogP contribution in [0.15, 0.2) is 18.2 Å². The fourth-order valence-corrected chi connectivity index (χ4v) is 1.90. The lowest BCUT2D eigenvalue weighted by Gasteiger charge is -2.14. The van der Waals surface area contributed by atoms with Crippen molar-refractivity contribution in [2.24, 2.45) is 0 Å². The molecular formula is C17H29NO3. The molecule has 1 aromatic carbocycles. The predicted octanol–water partition coefficient (Wildman–Crippen LogP) is 3.39. The summed E-state index contributed by atoms with van der Waals surface area (Å²) in [7, 11) is 1.72. The minimum absolute atomic E-state index is 0.470. The lowest BCUT2D eigenvalue weighted by atomic mass is 10.2. The molecule has 0 saturated carbocycles. The number of nitrogens with one attached hydrogen (secondary N) is 1. The number of hydrogen-bond acceptors (Lipinski definition) is 4. The maximum absolute atomic E-state index is 5.82. The maximum Gasteiger partial charge on any atom is 0.161 e. The molecule has 0 aliphatic rings. The van der Waals surface area contributed by atoms with Gasteiger partial charge in [0.1, 0.15) is 0 Å². The van der Waals surface area contributed by atoms with E-state index < -0.39 is 0 Å². The summed E-state index contributed by atoms with van der Waals surface area (Å²) in [6, 6.07) is 6.61. The Morgan fingerprint density at radius 3 is 2.48 bits per heavy atom. The van der Waals surface area contributed by atoms with Crippen LogP contribution >= 0.6 is 0 Å². The van der Waals surface area contributed by atoms with Crippen LogP contribution in [0.2, 0.25) is 0 Å². The van der Waals surface area contributed by atoms with Crippen LogP contribution in [0, 0.1) is 0 Å². The van der Waals surface area contributed by atoms with Crippen LogP contribution in [-0.2, 0) is 11.3 Å². The third kappa shape index (κ3) is 7.34. The lowest BCUT2D eigenvalue weighted by molar-refractivity contribution is 0.183. The summed E-state index contributed by atoms with van der Waals surface area (Å²) in [4.78, 5) is 0. The lowest BCUT2D eigenvalue weighted by Crippen LogP contribution is -2.21. The molecule has 1 rings (SSSR count). The van der Waals surface area contributed by atoms with Crippen molar-refractivity contribution < 1.29 is 14.2 Å². The second-order valence-electron chi connectivity index (χ2n) is 5.30. The Bertz CT molecular complexity index is 394. The van der Waals surface area contributed by atoms with Gasteiger partial charge in [0.25, 0.3) is 0 Å². The largest absolute Gasteiger partial charge is 0.490 e. The first-order valence-corrected chi connectivity index (χ1v) is 7.78. The summed E-state index contributed by atoms with van der Waals surface area (Å²) in [5.41, 5.74) is 1.21.